The maximum absolute atomic E-state index is 13.4. The molecule has 3 saturated carbocycles. The van der Waals surface area contributed by atoms with Gasteiger partial charge in [0.15, 0.2) is 5.60 Å². The van der Waals surface area contributed by atoms with Gasteiger partial charge in [-0.05, 0) is 190 Å². The lowest BCUT2D eigenvalue weighted by Crippen LogP contribution is -2.52. The Kier molecular flexibility index (Phi) is 45.3. The first kappa shape index (κ1) is 82.7. The minimum atomic E-state index is -1.22. The fourth-order valence-electron chi connectivity index (χ4n) is 15.9. The SMILES string of the molecule is CCCCC/C=C\C/C=C\CCCCCCCC(=O)OCC(CC)(COC(=O)CCCCCCC/C=C\C(/C=C\CCCCC)OC1C=C2CC[C@@H]3C(CC[C@@]4(C)C3CC[C@@H]4OC(=O)CCCCCC)[C@@]2(C)CC1)OC(=O)CCCCCCC/C=C/CCCCCCCC. The number of esters is 4. The molecule has 0 radical (unpaired) electrons. The molecular formula is C85H144O9. The first-order valence-electron chi connectivity index (χ1n) is 40.2. The minimum absolute atomic E-state index is 0.0298. The first-order chi connectivity index (χ1) is 45.9. The van der Waals surface area contributed by atoms with Gasteiger partial charge in [0, 0.05) is 31.1 Å². The summed E-state index contributed by atoms with van der Waals surface area (Å²) < 4.78 is 31.1. The van der Waals surface area contributed by atoms with Gasteiger partial charge in [-0.25, -0.2) is 0 Å². The monoisotopic (exact) mass is 1310 g/mol. The molecule has 94 heavy (non-hydrogen) atoms. The van der Waals surface area contributed by atoms with E-state index in [-0.39, 0.29) is 72.7 Å². The summed E-state index contributed by atoms with van der Waals surface area (Å²) in [5.41, 5.74) is 0.749. The van der Waals surface area contributed by atoms with Crippen LogP contribution in [0, 0.1) is 28.6 Å². The molecule has 0 amide bonds. The molecule has 4 rings (SSSR count). The van der Waals surface area contributed by atoms with Crippen molar-refractivity contribution in [3.63, 3.8) is 0 Å². The number of fused-ring (bicyclic) bond motifs is 5. The third-order valence-corrected chi connectivity index (χ3v) is 22.1. The minimum Gasteiger partial charge on any atom is -0.462 e. The van der Waals surface area contributed by atoms with Crippen molar-refractivity contribution in [3.8, 4) is 0 Å². The number of rotatable bonds is 57. The quantitative estimate of drug-likeness (QED) is 0.0254. The van der Waals surface area contributed by atoms with E-state index < -0.39 is 5.60 Å². The molecule has 4 aliphatic rings. The molecule has 9 atom stereocenters. The van der Waals surface area contributed by atoms with Crippen molar-refractivity contribution in [2.45, 2.75) is 400 Å². The highest BCUT2D eigenvalue weighted by atomic mass is 16.6. The Balaban J connectivity index is 1.19. The van der Waals surface area contributed by atoms with Gasteiger partial charge in [-0.1, -0.05) is 256 Å². The lowest BCUT2D eigenvalue weighted by molar-refractivity contribution is -0.185. The summed E-state index contributed by atoms with van der Waals surface area (Å²) in [6, 6.07) is 0. The topological polar surface area (TPSA) is 114 Å². The van der Waals surface area contributed by atoms with E-state index in [9.17, 15) is 19.2 Å². The maximum Gasteiger partial charge on any atom is 0.306 e. The summed E-state index contributed by atoms with van der Waals surface area (Å²) in [7, 11) is 0. The molecule has 9 heteroatoms. The molecule has 0 aromatic carbocycles. The largest absolute Gasteiger partial charge is 0.462 e. The highest BCUT2D eigenvalue weighted by molar-refractivity contribution is 5.71. The highest BCUT2D eigenvalue weighted by Crippen LogP contribution is 2.66. The first-order valence-corrected chi connectivity index (χ1v) is 40.2. The lowest BCUT2D eigenvalue weighted by Gasteiger charge is -2.58. The third kappa shape index (κ3) is 33.7. The van der Waals surface area contributed by atoms with Gasteiger partial charge in [0.1, 0.15) is 19.3 Å². The van der Waals surface area contributed by atoms with Crippen LogP contribution in [-0.4, -0.2) is 61.0 Å². The molecule has 0 saturated heterocycles. The van der Waals surface area contributed by atoms with Crippen LogP contribution in [-0.2, 0) is 42.9 Å². The summed E-state index contributed by atoms with van der Waals surface area (Å²) in [6.45, 7) is 15.7. The normalized spacial score (nSPS) is 23.0. The Morgan fingerprint density at radius 1 is 0.457 bits per heavy atom. The van der Waals surface area contributed by atoms with Gasteiger partial charge < -0.3 is 23.7 Å². The van der Waals surface area contributed by atoms with Crippen molar-refractivity contribution >= 4 is 23.9 Å². The Morgan fingerprint density at radius 2 is 0.883 bits per heavy atom. The van der Waals surface area contributed by atoms with E-state index in [0.29, 0.717) is 43.4 Å². The molecule has 0 heterocycles. The Labute approximate surface area is 577 Å². The lowest BCUT2D eigenvalue weighted by atomic mass is 9.47. The van der Waals surface area contributed by atoms with E-state index in [1.54, 1.807) is 5.57 Å². The van der Waals surface area contributed by atoms with Gasteiger partial charge in [-0.15, -0.1) is 0 Å². The predicted octanol–water partition coefficient (Wildman–Crippen LogP) is 24.6. The molecule has 3 fully saturated rings. The fraction of sp³-hybridized carbons (Fsp3) is 0.812. The van der Waals surface area contributed by atoms with E-state index in [1.807, 2.05) is 6.92 Å². The van der Waals surface area contributed by atoms with Crippen molar-refractivity contribution in [2.24, 2.45) is 28.6 Å². The van der Waals surface area contributed by atoms with Crippen molar-refractivity contribution in [3.05, 3.63) is 72.4 Å². The zero-order valence-electron chi connectivity index (χ0n) is 62.0. The summed E-state index contributed by atoms with van der Waals surface area (Å²) in [5.74, 6) is 1.14. The molecule has 0 bridgehead atoms. The Hall–Kier alpha value is -3.72. The molecule has 0 N–H and O–H groups in total. The Morgan fingerprint density at radius 3 is 1.39 bits per heavy atom. The fourth-order valence-corrected chi connectivity index (χ4v) is 15.9. The van der Waals surface area contributed by atoms with Gasteiger partial charge in [0.2, 0.25) is 0 Å². The molecule has 9 nitrogen and oxygen atoms in total. The maximum atomic E-state index is 13.4. The van der Waals surface area contributed by atoms with Crippen molar-refractivity contribution < 1.29 is 42.9 Å². The van der Waals surface area contributed by atoms with Gasteiger partial charge in [-0.3, -0.25) is 19.2 Å². The van der Waals surface area contributed by atoms with Crippen LogP contribution in [0.1, 0.15) is 376 Å². The molecule has 0 aromatic heterocycles. The van der Waals surface area contributed by atoms with Crippen molar-refractivity contribution in [1.29, 1.82) is 0 Å². The van der Waals surface area contributed by atoms with E-state index in [4.69, 9.17) is 23.7 Å². The van der Waals surface area contributed by atoms with Crippen LogP contribution in [0.4, 0.5) is 0 Å². The zero-order valence-corrected chi connectivity index (χ0v) is 62.0. The van der Waals surface area contributed by atoms with Gasteiger partial charge in [0.25, 0.3) is 0 Å². The summed E-state index contributed by atoms with van der Waals surface area (Å²) in [4.78, 5) is 52.8. The van der Waals surface area contributed by atoms with E-state index >= 15 is 0 Å². The van der Waals surface area contributed by atoms with Crippen molar-refractivity contribution in [1.82, 2.24) is 0 Å². The smallest absolute Gasteiger partial charge is 0.306 e. The molecule has 538 valence electrons. The molecular weight excluding hydrogens is 1160 g/mol. The van der Waals surface area contributed by atoms with Gasteiger partial charge in [-0.2, -0.15) is 0 Å². The predicted molar refractivity (Wildman–Crippen MR) is 394 cm³/mol. The number of hydrogen-bond donors (Lipinski definition) is 0. The van der Waals surface area contributed by atoms with Gasteiger partial charge >= 0.3 is 23.9 Å². The van der Waals surface area contributed by atoms with E-state index in [0.717, 1.165) is 154 Å². The Bertz CT molecular complexity index is 2190. The van der Waals surface area contributed by atoms with Crippen LogP contribution in [0.3, 0.4) is 0 Å². The number of carbonyl (C=O) groups excluding carboxylic acids is 4. The summed E-state index contributed by atoms with van der Waals surface area (Å²) in [5, 5.41) is 0. The highest BCUT2D eigenvalue weighted by Gasteiger charge is 2.60. The van der Waals surface area contributed by atoms with Crippen LogP contribution >= 0.6 is 0 Å². The third-order valence-electron chi connectivity index (χ3n) is 22.1. The second-order valence-corrected chi connectivity index (χ2v) is 29.9. The van der Waals surface area contributed by atoms with Crippen LogP contribution in [0.15, 0.2) is 72.4 Å². The molecule has 0 aromatic rings. The number of allylic oxidation sites excluding steroid dienone is 9. The molecule has 0 aliphatic heterocycles. The van der Waals surface area contributed by atoms with E-state index in [2.05, 4.69) is 108 Å². The van der Waals surface area contributed by atoms with Gasteiger partial charge in [0.05, 0.1) is 12.2 Å². The number of unbranched alkanes of at least 4 members (excludes halogenated alkanes) is 30. The average Bonchev–Trinajstić information content (AvgIpc) is 1.35. The summed E-state index contributed by atoms with van der Waals surface area (Å²) in [6.07, 6.45) is 79.6. The van der Waals surface area contributed by atoms with Crippen LogP contribution in [0.2, 0.25) is 0 Å². The molecule has 0 spiro atoms. The summed E-state index contributed by atoms with van der Waals surface area (Å²) >= 11 is 0. The molecule has 5 unspecified atom stereocenters. The van der Waals surface area contributed by atoms with Crippen molar-refractivity contribution in [2.75, 3.05) is 13.2 Å². The number of carbonyl (C=O) groups is 4. The molecule has 4 aliphatic carbocycles. The van der Waals surface area contributed by atoms with E-state index in [1.165, 1.54) is 141 Å². The van der Waals surface area contributed by atoms with Crippen LogP contribution in [0.25, 0.3) is 0 Å². The zero-order chi connectivity index (χ0) is 67.6. The van der Waals surface area contributed by atoms with Crippen LogP contribution in [0.5, 0.6) is 0 Å². The number of ether oxygens (including phenoxy) is 5. The second-order valence-electron chi connectivity index (χ2n) is 29.9. The van der Waals surface area contributed by atoms with Crippen LogP contribution < -0.4 is 0 Å². The standard InChI is InChI=1S/C85H144O9/c1-8-13-17-21-23-25-27-29-31-33-35-37-41-46-52-57-79(86)90-70-85(12-5,94-82(89)60-54-48-42-38-36-34-32-30-28-26-24-22-18-14-9-2)71-91-80(87)58-53-47-43-39-40-45-50-56-73(55-49-44-19-15-10-3)92-74-65-67-83(6)72(69-74)61-62-75-76-63-64-78(84(76,7)68-66-77(75)83)93-81(88)59-51-20-16-11-4/h23,25,29-32,49-50,55-56,69,73-78H,8-22,24,26-28,33-48,51-54,57-68,70-71H2,1-7H3/b25-23-,31-29-,32-30+,55-49-,56-50-/t73?,74?,75-,76?,77?,78-,83-,84-,85?/m0/s1. The second kappa shape index (κ2) is 51.5. The average molecular weight is 1310 g/mol. The number of hydrogen-bond acceptors (Lipinski definition) is 9.